The van der Waals surface area contributed by atoms with E-state index in [2.05, 4.69) is 30.9 Å². The van der Waals surface area contributed by atoms with E-state index in [0.29, 0.717) is 11.4 Å². The number of carbonyl (C=O) groups excluding carboxylic acids is 1. The zero-order valence-corrected chi connectivity index (χ0v) is 16.5. The van der Waals surface area contributed by atoms with Crippen molar-refractivity contribution in [3.8, 4) is 16.7 Å². The van der Waals surface area contributed by atoms with E-state index >= 15 is 0 Å². The molecule has 1 aromatic carbocycles. The predicted molar refractivity (Wildman–Crippen MR) is 104 cm³/mol. The van der Waals surface area contributed by atoms with Crippen molar-refractivity contribution in [2.24, 2.45) is 0 Å². The van der Waals surface area contributed by atoms with Gasteiger partial charge in [-0.1, -0.05) is 39.0 Å². The Balaban J connectivity index is 1.99. The van der Waals surface area contributed by atoms with Crippen molar-refractivity contribution < 1.29 is 9.53 Å². The van der Waals surface area contributed by atoms with Crippen molar-refractivity contribution in [2.45, 2.75) is 46.1 Å². The molecule has 136 valence electrons. The van der Waals surface area contributed by atoms with Crippen LogP contribution in [0.4, 0.5) is 0 Å². The smallest absolute Gasteiger partial charge is 0.336 e. The second kappa shape index (κ2) is 7.03. The Kier molecular flexibility index (Phi) is 4.96. The Hall–Kier alpha value is -2.47. The molecule has 0 aliphatic rings. The van der Waals surface area contributed by atoms with Crippen LogP contribution in [0.3, 0.4) is 0 Å². The van der Waals surface area contributed by atoms with E-state index in [0.717, 1.165) is 4.88 Å². The van der Waals surface area contributed by atoms with Gasteiger partial charge >= 0.3 is 6.01 Å². The van der Waals surface area contributed by atoms with Crippen molar-refractivity contribution >= 4 is 17.2 Å². The van der Waals surface area contributed by atoms with Crippen LogP contribution >= 0.6 is 11.3 Å². The maximum atomic E-state index is 13.0. The van der Waals surface area contributed by atoms with Crippen molar-refractivity contribution in [3.63, 3.8) is 0 Å². The molecule has 0 atom stereocenters. The molecular weight excluding hydrogens is 346 g/mol. The zero-order valence-electron chi connectivity index (χ0n) is 15.7. The van der Waals surface area contributed by atoms with Gasteiger partial charge in [0.15, 0.2) is 5.82 Å². The van der Waals surface area contributed by atoms with E-state index in [1.54, 1.807) is 0 Å². The van der Waals surface area contributed by atoms with Gasteiger partial charge in [-0.2, -0.15) is 9.67 Å². The predicted octanol–water partition coefficient (Wildman–Crippen LogP) is 4.78. The standard InChI is InChI=1S/C20H23N3O2S/c1-13(2)25-19-21-17(16-7-6-12-26-16)23(22-19)18(24)14-8-10-15(11-9-14)20(3,4)5/h6-13H,1-5H3. The molecule has 0 fully saturated rings. The van der Waals surface area contributed by atoms with Crippen molar-refractivity contribution in [1.29, 1.82) is 0 Å². The number of thiophene rings is 1. The molecule has 2 heterocycles. The van der Waals surface area contributed by atoms with Gasteiger partial charge in [-0.05, 0) is 48.4 Å². The topological polar surface area (TPSA) is 57.0 Å². The summed E-state index contributed by atoms with van der Waals surface area (Å²) in [5.41, 5.74) is 1.78. The molecule has 0 saturated heterocycles. The Morgan fingerprint density at radius 2 is 1.85 bits per heavy atom. The number of rotatable bonds is 4. The molecule has 0 aliphatic carbocycles. The van der Waals surface area contributed by atoms with Gasteiger partial charge in [0.05, 0.1) is 11.0 Å². The first-order valence-electron chi connectivity index (χ1n) is 8.58. The quantitative estimate of drug-likeness (QED) is 0.664. The molecular formula is C20H23N3O2S. The maximum absolute atomic E-state index is 13.0. The average molecular weight is 369 g/mol. The van der Waals surface area contributed by atoms with E-state index < -0.39 is 0 Å². The molecule has 0 bridgehead atoms. The van der Waals surface area contributed by atoms with E-state index in [-0.39, 0.29) is 23.4 Å². The molecule has 5 nitrogen and oxygen atoms in total. The highest BCUT2D eigenvalue weighted by molar-refractivity contribution is 7.13. The lowest BCUT2D eigenvalue weighted by atomic mass is 9.87. The molecule has 3 aromatic rings. The largest absolute Gasteiger partial charge is 0.460 e. The van der Waals surface area contributed by atoms with Gasteiger partial charge in [0, 0.05) is 5.56 Å². The van der Waals surface area contributed by atoms with Gasteiger partial charge in [-0.3, -0.25) is 4.79 Å². The van der Waals surface area contributed by atoms with E-state index in [9.17, 15) is 4.79 Å². The number of carbonyl (C=O) groups is 1. The summed E-state index contributed by atoms with van der Waals surface area (Å²) in [6, 6.07) is 11.7. The van der Waals surface area contributed by atoms with Gasteiger partial charge in [0.2, 0.25) is 0 Å². The molecule has 0 spiro atoms. The fraction of sp³-hybridized carbons (Fsp3) is 0.350. The third kappa shape index (κ3) is 3.85. The lowest BCUT2D eigenvalue weighted by molar-refractivity contribution is 0.0943. The molecule has 0 N–H and O–H groups in total. The summed E-state index contributed by atoms with van der Waals surface area (Å²) < 4.78 is 6.92. The fourth-order valence-corrected chi connectivity index (χ4v) is 3.19. The van der Waals surface area contributed by atoms with Gasteiger partial charge in [0.25, 0.3) is 5.91 Å². The van der Waals surface area contributed by atoms with Crippen LogP contribution in [0.5, 0.6) is 6.01 Å². The lowest BCUT2D eigenvalue weighted by Crippen LogP contribution is -2.16. The number of benzene rings is 1. The minimum absolute atomic E-state index is 0.0369. The van der Waals surface area contributed by atoms with Crippen LogP contribution in [0, 0.1) is 0 Å². The highest BCUT2D eigenvalue weighted by Gasteiger charge is 2.22. The van der Waals surface area contributed by atoms with E-state index in [1.165, 1.54) is 21.6 Å². The highest BCUT2D eigenvalue weighted by Crippen LogP contribution is 2.27. The molecule has 2 aromatic heterocycles. The third-order valence-corrected chi connectivity index (χ3v) is 4.73. The minimum atomic E-state index is -0.222. The van der Waals surface area contributed by atoms with Crippen LogP contribution in [-0.4, -0.2) is 26.8 Å². The highest BCUT2D eigenvalue weighted by atomic mass is 32.1. The molecule has 0 saturated carbocycles. The van der Waals surface area contributed by atoms with Crippen LogP contribution in [-0.2, 0) is 5.41 Å². The first kappa shape index (κ1) is 18.3. The molecule has 0 aliphatic heterocycles. The Bertz CT molecular complexity index is 888. The first-order chi connectivity index (χ1) is 12.3. The molecule has 26 heavy (non-hydrogen) atoms. The molecule has 0 unspecified atom stereocenters. The SMILES string of the molecule is CC(C)Oc1nc(-c2cccs2)n(C(=O)c2ccc(C(C)(C)C)cc2)n1. The van der Waals surface area contributed by atoms with E-state index in [4.69, 9.17) is 4.74 Å². The Labute approximate surface area is 157 Å². The molecule has 6 heteroatoms. The summed E-state index contributed by atoms with van der Waals surface area (Å²) in [6.45, 7) is 10.2. The van der Waals surface area contributed by atoms with Crippen LogP contribution in [0.25, 0.3) is 10.7 Å². The van der Waals surface area contributed by atoms with Crippen molar-refractivity contribution in [2.75, 3.05) is 0 Å². The number of ether oxygens (including phenoxy) is 1. The van der Waals surface area contributed by atoms with Gasteiger partial charge in [0.1, 0.15) is 0 Å². The van der Waals surface area contributed by atoms with Crippen LogP contribution < -0.4 is 4.74 Å². The Morgan fingerprint density at radius 3 is 2.38 bits per heavy atom. The van der Waals surface area contributed by atoms with Crippen molar-refractivity contribution in [1.82, 2.24) is 14.8 Å². The average Bonchev–Trinajstić information content (AvgIpc) is 3.22. The minimum Gasteiger partial charge on any atom is -0.460 e. The van der Waals surface area contributed by atoms with Gasteiger partial charge in [-0.15, -0.1) is 16.4 Å². The van der Waals surface area contributed by atoms with Crippen LogP contribution in [0.2, 0.25) is 0 Å². The fourth-order valence-electron chi connectivity index (χ4n) is 2.50. The maximum Gasteiger partial charge on any atom is 0.336 e. The first-order valence-corrected chi connectivity index (χ1v) is 9.46. The molecule has 0 amide bonds. The number of hydrogen-bond donors (Lipinski definition) is 0. The summed E-state index contributed by atoms with van der Waals surface area (Å²) in [6.07, 6.45) is -0.0665. The summed E-state index contributed by atoms with van der Waals surface area (Å²) in [5, 5.41) is 6.24. The number of nitrogens with zero attached hydrogens (tertiary/aromatic N) is 3. The summed E-state index contributed by atoms with van der Waals surface area (Å²) in [7, 11) is 0. The van der Waals surface area contributed by atoms with Crippen LogP contribution in [0.1, 0.15) is 50.5 Å². The van der Waals surface area contributed by atoms with Gasteiger partial charge < -0.3 is 4.74 Å². The Morgan fingerprint density at radius 1 is 1.15 bits per heavy atom. The number of hydrogen-bond acceptors (Lipinski definition) is 5. The molecule has 0 radical (unpaired) electrons. The monoisotopic (exact) mass is 369 g/mol. The van der Waals surface area contributed by atoms with Crippen molar-refractivity contribution in [3.05, 3.63) is 52.9 Å². The number of aromatic nitrogens is 3. The van der Waals surface area contributed by atoms with Gasteiger partial charge in [-0.25, -0.2) is 0 Å². The van der Waals surface area contributed by atoms with E-state index in [1.807, 2.05) is 55.6 Å². The normalized spacial score (nSPS) is 11.8. The van der Waals surface area contributed by atoms with Crippen LogP contribution in [0.15, 0.2) is 41.8 Å². The second-order valence-corrected chi connectivity index (χ2v) is 8.35. The lowest BCUT2D eigenvalue weighted by Gasteiger charge is -2.18. The summed E-state index contributed by atoms with van der Waals surface area (Å²) in [5.74, 6) is 0.278. The third-order valence-electron chi connectivity index (χ3n) is 3.86. The zero-order chi connectivity index (χ0) is 18.9. The second-order valence-electron chi connectivity index (χ2n) is 7.41. The summed E-state index contributed by atoms with van der Waals surface area (Å²) >= 11 is 1.51. The summed E-state index contributed by atoms with van der Waals surface area (Å²) in [4.78, 5) is 18.3. The molecule has 3 rings (SSSR count).